The molecule has 1 aliphatic rings. The molecule has 17 heavy (non-hydrogen) atoms. The highest BCUT2D eigenvalue weighted by Crippen LogP contribution is 2.24. The number of aryl methyl sites for hydroxylation is 1. The lowest BCUT2D eigenvalue weighted by Gasteiger charge is -2.18. The maximum absolute atomic E-state index is 4.73. The Bertz CT molecular complexity index is 376. The quantitative estimate of drug-likeness (QED) is 0.865. The molecule has 1 aromatic heterocycles. The number of nitrogens with one attached hydrogen (secondary N) is 1. The van der Waals surface area contributed by atoms with Crippen LogP contribution in [0.3, 0.4) is 0 Å². The lowest BCUT2D eigenvalue weighted by atomic mass is 10.1. The maximum atomic E-state index is 4.73. The van der Waals surface area contributed by atoms with Crippen LogP contribution in [0.1, 0.15) is 31.0 Å². The normalized spacial score (nSPS) is 19.9. The van der Waals surface area contributed by atoms with Gasteiger partial charge >= 0.3 is 0 Å². The predicted molar refractivity (Wildman–Crippen MR) is 72.3 cm³/mol. The summed E-state index contributed by atoms with van der Waals surface area (Å²) >= 11 is 0. The van der Waals surface area contributed by atoms with Crippen molar-refractivity contribution in [2.24, 2.45) is 5.92 Å². The lowest BCUT2D eigenvalue weighted by molar-refractivity contribution is 0.568. The van der Waals surface area contributed by atoms with Gasteiger partial charge in [-0.25, -0.2) is 4.98 Å². The topological polar surface area (TPSA) is 28.2 Å². The second-order valence-corrected chi connectivity index (χ2v) is 4.95. The first-order valence-corrected chi connectivity index (χ1v) is 6.60. The molecule has 0 spiro atoms. The van der Waals surface area contributed by atoms with Crippen LogP contribution < -0.4 is 10.2 Å². The Labute approximate surface area is 104 Å². The first kappa shape index (κ1) is 12.4. The molecule has 1 saturated heterocycles. The van der Waals surface area contributed by atoms with Crippen molar-refractivity contribution >= 4 is 5.82 Å². The second kappa shape index (κ2) is 5.50. The Morgan fingerprint density at radius 1 is 1.47 bits per heavy atom. The third kappa shape index (κ3) is 2.78. The summed E-state index contributed by atoms with van der Waals surface area (Å²) in [6.07, 6.45) is 2.60. The van der Waals surface area contributed by atoms with Crippen molar-refractivity contribution in [2.75, 3.05) is 25.0 Å². The van der Waals surface area contributed by atoms with Crippen molar-refractivity contribution < 1.29 is 0 Å². The molecule has 3 nitrogen and oxygen atoms in total. The van der Waals surface area contributed by atoms with Crippen LogP contribution in [-0.4, -0.2) is 25.1 Å². The highest BCUT2D eigenvalue weighted by Gasteiger charge is 2.22. The number of aromatic nitrogens is 1. The van der Waals surface area contributed by atoms with E-state index in [-0.39, 0.29) is 0 Å². The smallest absolute Gasteiger partial charge is 0.128 e. The fraction of sp³-hybridized carbons (Fsp3) is 0.643. The van der Waals surface area contributed by atoms with Gasteiger partial charge in [0.15, 0.2) is 0 Å². The summed E-state index contributed by atoms with van der Waals surface area (Å²) in [7, 11) is 1.97. The molecule has 1 atom stereocenters. The fourth-order valence-corrected chi connectivity index (χ4v) is 2.50. The number of nitrogens with zero attached hydrogens (tertiary/aromatic N) is 2. The van der Waals surface area contributed by atoms with Crippen molar-refractivity contribution in [1.29, 1.82) is 0 Å². The van der Waals surface area contributed by atoms with E-state index in [1.165, 1.54) is 24.9 Å². The third-order valence-corrected chi connectivity index (χ3v) is 3.73. The van der Waals surface area contributed by atoms with E-state index in [9.17, 15) is 0 Å². The largest absolute Gasteiger partial charge is 0.356 e. The van der Waals surface area contributed by atoms with Crippen LogP contribution >= 0.6 is 0 Å². The second-order valence-electron chi connectivity index (χ2n) is 4.95. The molecular formula is C14H23N3. The zero-order valence-corrected chi connectivity index (χ0v) is 11.2. The Morgan fingerprint density at radius 3 is 2.88 bits per heavy atom. The third-order valence-electron chi connectivity index (χ3n) is 3.73. The van der Waals surface area contributed by atoms with Crippen LogP contribution in [-0.2, 0) is 6.54 Å². The van der Waals surface area contributed by atoms with Gasteiger partial charge in [0.1, 0.15) is 5.82 Å². The minimum Gasteiger partial charge on any atom is -0.356 e. The molecule has 94 valence electrons. The van der Waals surface area contributed by atoms with E-state index in [1.54, 1.807) is 0 Å². The molecule has 3 heteroatoms. The number of pyridine rings is 1. The molecule has 0 radical (unpaired) electrons. The van der Waals surface area contributed by atoms with Gasteiger partial charge in [-0.15, -0.1) is 0 Å². The van der Waals surface area contributed by atoms with Crippen LogP contribution in [0.2, 0.25) is 0 Å². The summed E-state index contributed by atoms with van der Waals surface area (Å²) in [4.78, 5) is 7.15. The first-order valence-electron chi connectivity index (χ1n) is 6.60. The molecule has 1 N–H and O–H groups in total. The summed E-state index contributed by atoms with van der Waals surface area (Å²) in [6.45, 7) is 7.62. The van der Waals surface area contributed by atoms with E-state index in [4.69, 9.17) is 4.98 Å². The minimum absolute atomic E-state index is 0.856. The molecule has 0 aliphatic carbocycles. The molecule has 2 rings (SSSR count). The molecule has 0 amide bonds. The number of hydrogen-bond acceptors (Lipinski definition) is 3. The monoisotopic (exact) mass is 233 g/mol. The van der Waals surface area contributed by atoms with E-state index in [1.807, 2.05) is 7.05 Å². The van der Waals surface area contributed by atoms with Gasteiger partial charge in [0.25, 0.3) is 0 Å². The molecule has 1 aliphatic heterocycles. The molecule has 2 heterocycles. The van der Waals surface area contributed by atoms with Crippen LogP contribution in [0, 0.1) is 12.8 Å². The standard InChI is InChI=1S/C14H23N3/c1-4-12-7-8-17(10-12)14-6-5-13(9-15-3)11(2)16-14/h5-6,12,15H,4,7-10H2,1-3H3. The van der Waals surface area contributed by atoms with Gasteiger partial charge in [0.05, 0.1) is 0 Å². The number of anilines is 1. The molecule has 1 unspecified atom stereocenters. The molecular weight excluding hydrogens is 210 g/mol. The Morgan fingerprint density at radius 2 is 2.29 bits per heavy atom. The van der Waals surface area contributed by atoms with Crippen molar-refractivity contribution in [3.05, 3.63) is 23.4 Å². The van der Waals surface area contributed by atoms with E-state index >= 15 is 0 Å². The summed E-state index contributed by atoms with van der Waals surface area (Å²) in [5, 5.41) is 3.18. The van der Waals surface area contributed by atoms with Gasteiger partial charge in [-0.2, -0.15) is 0 Å². The van der Waals surface area contributed by atoms with Crippen LogP contribution in [0.4, 0.5) is 5.82 Å². The fourth-order valence-electron chi connectivity index (χ4n) is 2.50. The van der Waals surface area contributed by atoms with Crippen molar-refractivity contribution in [2.45, 2.75) is 33.2 Å². The van der Waals surface area contributed by atoms with Gasteiger partial charge in [0, 0.05) is 25.3 Å². The Hall–Kier alpha value is -1.09. The van der Waals surface area contributed by atoms with Gasteiger partial charge in [-0.3, -0.25) is 0 Å². The Kier molecular flexibility index (Phi) is 4.00. The zero-order valence-electron chi connectivity index (χ0n) is 11.2. The van der Waals surface area contributed by atoms with Gasteiger partial charge in [0.2, 0.25) is 0 Å². The summed E-state index contributed by atoms with van der Waals surface area (Å²) < 4.78 is 0. The zero-order chi connectivity index (χ0) is 12.3. The van der Waals surface area contributed by atoms with E-state index < -0.39 is 0 Å². The highest BCUT2D eigenvalue weighted by molar-refractivity contribution is 5.42. The Balaban J connectivity index is 2.09. The van der Waals surface area contributed by atoms with Crippen LogP contribution in [0.5, 0.6) is 0 Å². The average Bonchev–Trinajstić information content (AvgIpc) is 2.80. The maximum Gasteiger partial charge on any atom is 0.128 e. The van der Waals surface area contributed by atoms with Crippen molar-refractivity contribution in [1.82, 2.24) is 10.3 Å². The van der Waals surface area contributed by atoms with Crippen molar-refractivity contribution in [3.63, 3.8) is 0 Å². The number of rotatable bonds is 4. The van der Waals surface area contributed by atoms with Crippen LogP contribution in [0.25, 0.3) is 0 Å². The van der Waals surface area contributed by atoms with Gasteiger partial charge < -0.3 is 10.2 Å². The summed E-state index contributed by atoms with van der Waals surface area (Å²) in [5.41, 5.74) is 2.44. The molecule has 0 saturated carbocycles. The lowest BCUT2D eigenvalue weighted by Crippen LogP contribution is -2.21. The highest BCUT2D eigenvalue weighted by atomic mass is 15.2. The van der Waals surface area contributed by atoms with E-state index in [0.717, 1.165) is 30.5 Å². The average molecular weight is 233 g/mol. The first-order chi connectivity index (χ1) is 8.24. The molecule has 0 bridgehead atoms. The van der Waals surface area contributed by atoms with Gasteiger partial charge in [-0.05, 0) is 37.9 Å². The molecule has 1 fully saturated rings. The molecule has 1 aromatic rings. The van der Waals surface area contributed by atoms with Gasteiger partial charge in [-0.1, -0.05) is 19.4 Å². The van der Waals surface area contributed by atoms with E-state index in [2.05, 4.69) is 36.2 Å². The summed E-state index contributed by atoms with van der Waals surface area (Å²) in [5.74, 6) is 2.01. The van der Waals surface area contributed by atoms with Crippen LogP contribution in [0.15, 0.2) is 12.1 Å². The SMILES string of the molecule is CCC1CCN(c2ccc(CNC)c(C)n2)C1. The van der Waals surface area contributed by atoms with E-state index in [0.29, 0.717) is 0 Å². The number of hydrogen-bond donors (Lipinski definition) is 1. The minimum atomic E-state index is 0.856. The summed E-state index contributed by atoms with van der Waals surface area (Å²) in [6, 6.07) is 4.37. The molecule has 0 aromatic carbocycles. The predicted octanol–water partition coefficient (Wildman–Crippen LogP) is 2.35. The van der Waals surface area contributed by atoms with Crippen molar-refractivity contribution in [3.8, 4) is 0 Å².